The van der Waals surface area contributed by atoms with Crippen LogP contribution < -0.4 is 0 Å². The molecule has 1 aromatic heterocycles. The Morgan fingerprint density at radius 2 is 1.95 bits per heavy atom. The smallest absolute Gasteiger partial charge is 0.130 e. The van der Waals surface area contributed by atoms with Gasteiger partial charge in [0.05, 0.1) is 0 Å². The maximum atomic E-state index is 5.33. The zero-order valence-corrected chi connectivity index (χ0v) is 12.8. The summed E-state index contributed by atoms with van der Waals surface area (Å²) >= 11 is 5.33. The van der Waals surface area contributed by atoms with Crippen LogP contribution in [0.5, 0.6) is 0 Å². The summed E-state index contributed by atoms with van der Waals surface area (Å²) < 4.78 is 0.740. The first-order valence-corrected chi connectivity index (χ1v) is 7.78. The van der Waals surface area contributed by atoms with Crippen LogP contribution in [-0.4, -0.2) is 34.0 Å². The molecule has 3 nitrogen and oxygen atoms in total. The number of piperidine rings is 1. The molecule has 3 heterocycles. The van der Waals surface area contributed by atoms with E-state index in [1.807, 2.05) is 6.07 Å². The molecule has 2 atom stereocenters. The van der Waals surface area contributed by atoms with Crippen LogP contribution in [0.4, 0.5) is 0 Å². The summed E-state index contributed by atoms with van der Waals surface area (Å²) in [4.78, 5) is 10.7. The molecular formula is C15H23N3S. The second kappa shape index (κ2) is 4.98. The van der Waals surface area contributed by atoms with Crippen molar-refractivity contribution < 1.29 is 0 Å². The molecule has 0 aliphatic carbocycles. The number of hydrogen-bond donors (Lipinski definition) is 1. The Labute approximate surface area is 120 Å². The van der Waals surface area contributed by atoms with Crippen LogP contribution in [0.25, 0.3) is 0 Å². The number of aromatic amines is 1. The third-order valence-corrected chi connectivity index (χ3v) is 5.10. The van der Waals surface area contributed by atoms with Crippen LogP contribution in [0.1, 0.15) is 62.9 Å². The minimum Gasteiger partial charge on any atom is -0.347 e. The van der Waals surface area contributed by atoms with E-state index in [1.165, 1.54) is 31.4 Å². The molecule has 0 saturated carbocycles. The summed E-state index contributed by atoms with van der Waals surface area (Å²) in [5.74, 6) is 2.17. The first-order valence-electron chi connectivity index (χ1n) is 7.37. The van der Waals surface area contributed by atoms with Crippen molar-refractivity contribution in [1.82, 2.24) is 14.9 Å². The van der Waals surface area contributed by atoms with Gasteiger partial charge < -0.3 is 9.88 Å². The standard InChI is InChI=1S/C15H23N3S/c1-9(2)13-8-14(19)17-15(16-13)10-6-11-4-5-12(7-10)18(11)3/h8-12H,4-7H2,1-3H3,(H,16,17,19). The third kappa shape index (κ3) is 2.48. The zero-order valence-electron chi connectivity index (χ0n) is 12.0. The molecule has 0 radical (unpaired) electrons. The Balaban J connectivity index is 1.89. The Morgan fingerprint density at radius 3 is 2.53 bits per heavy atom. The van der Waals surface area contributed by atoms with E-state index < -0.39 is 0 Å². The van der Waals surface area contributed by atoms with Gasteiger partial charge in [0.1, 0.15) is 10.5 Å². The summed E-state index contributed by atoms with van der Waals surface area (Å²) in [6.45, 7) is 4.39. The fourth-order valence-corrected chi connectivity index (χ4v) is 3.86. The lowest BCUT2D eigenvalue weighted by atomic mass is 9.90. The minimum absolute atomic E-state index is 0.478. The monoisotopic (exact) mass is 277 g/mol. The number of rotatable bonds is 2. The molecular weight excluding hydrogens is 254 g/mol. The highest BCUT2D eigenvalue weighted by Gasteiger charge is 2.39. The summed E-state index contributed by atoms with van der Waals surface area (Å²) in [7, 11) is 2.28. The van der Waals surface area contributed by atoms with E-state index in [0.717, 1.165) is 22.5 Å². The van der Waals surface area contributed by atoms with Crippen LogP contribution in [0.3, 0.4) is 0 Å². The molecule has 4 heteroatoms. The largest absolute Gasteiger partial charge is 0.347 e. The summed E-state index contributed by atoms with van der Waals surface area (Å²) in [6, 6.07) is 3.50. The topological polar surface area (TPSA) is 31.9 Å². The Kier molecular flexibility index (Phi) is 3.48. The molecule has 2 fully saturated rings. The van der Waals surface area contributed by atoms with E-state index in [9.17, 15) is 0 Å². The van der Waals surface area contributed by atoms with Gasteiger partial charge >= 0.3 is 0 Å². The molecule has 3 rings (SSSR count). The van der Waals surface area contributed by atoms with Crippen LogP contribution in [0.15, 0.2) is 6.07 Å². The van der Waals surface area contributed by atoms with Gasteiger partial charge in [0, 0.05) is 23.7 Å². The van der Waals surface area contributed by atoms with Crippen molar-refractivity contribution >= 4 is 12.2 Å². The van der Waals surface area contributed by atoms with E-state index in [2.05, 4.69) is 35.8 Å². The quantitative estimate of drug-likeness (QED) is 0.838. The van der Waals surface area contributed by atoms with Crippen LogP contribution in [0, 0.1) is 4.64 Å². The minimum atomic E-state index is 0.478. The maximum absolute atomic E-state index is 5.33. The predicted octanol–water partition coefficient (Wildman–Crippen LogP) is 3.60. The van der Waals surface area contributed by atoms with Gasteiger partial charge in [0.15, 0.2) is 0 Å². The normalized spacial score (nSPS) is 31.1. The van der Waals surface area contributed by atoms with Gasteiger partial charge in [-0.2, -0.15) is 0 Å². The first-order chi connectivity index (χ1) is 9.04. The molecule has 2 saturated heterocycles. The SMILES string of the molecule is CC(C)c1cc(=S)nc(C2CC3CCC(C2)N3C)[nH]1. The highest BCUT2D eigenvalue weighted by Crippen LogP contribution is 2.41. The number of H-pyrrole nitrogens is 1. The number of fused-ring (bicyclic) bond motifs is 2. The molecule has 0 amide bonds. The van der Waals surface area contributed by atoms with Crippen molar-refractivity contribution in [2.75, 3.05) is 7.05 Å². The van der Waals surface area contributed by atoms with Crippen LogP contribution >= 0.6 is 12.2 Å². The van der Waals surface area contributed by atoms with Crippen molar-refractivity contribution in [2.45, 2.75) is 63.5 Å². The average molecular weight is 277 g/mol. The van der Waals surface area contributed by atoms with Gasteiger partial charge in [0.25, 0.3) is 0 Å². The van der Waals surface area contributed by atoms with Gasteiger partial charge in [-0.25, -0.2) is 4.98 Å². The lowest BCUT2D eigenvalue weighted by Gasteiger charge is -2.36. The second-order valence-corrected chi connectivity index (χ2v) is 6.85. The molecule has 0 aromatic carbocycles. The molecule has 0 spiro atoms. The van der Waals surface area contributed by atoms with Crippen molar-refractivity contribution in [3.63, 3.8) is 0 Å². The second-order valence-electron chi connectivity index (χ2n) is 6.43. The van der Waals surface area contributed by atoms with Gasteiger partial charge in [0.2, 0.25) is 0 Å². The average Bonchev–Trinajstić information content (AvgIpc) is 2.61. The van der Waals surface area contributed by atoms with Gasteiger partial charge in [-0.1, -0.05) is 26.1 Å². The number of nitrogens with one attached hydrogen (secondary N) is 1. The summed E-state index contributed by atoms with van der Waals surface area (Å²) in [6.07, 6.45) is 5.16. The number of nitrogens with zero attached hydrogens (tertiary/aromatic N) is 2. The number of aromatic nitrogens is 2. The first kappa shape index (κ1) is 13.3. The van der Waals surface area contributed by atoms with Gasteiger partial charge in [-0.15, -0.1) is 0 Å². The number of hydrogen-bond acceptors (Lipinski definition) is 3. The van der Waals surface area contributed by atoms with E-state index in [-0.39, 0.29) is 0 Å². The van der Waals surface area contributed by atoms with Crippen LogP contribution in [0.2, 0.25) is 0 Å². The molecule has 2 aliphatic rings. The fraction of sp³-hybridized carbons (Fsp3) is 0.733. The van der Waals surface area contributed by atoms with E-state index in [0.29, 0.717) is 11.8 Å². The summed E-state index contributed by atoms with van der Waals surface area (Å²) in [5, 5.41) is 0. The van der Waals surface area contributed by atoms with Crippen molar-refractivity contribution in [1.29, 1.82) is 0 Å². The molecule has 2 bridgehead atoms. The maximum Gasteiger partial charge on any atom is 0.130 e. The van der Waals surface area contributed by atoms with E-state index in [4.69, 9.17) is 12.2 Å². The molecule has 1 aromatic rings. The molecule has 2 aliphatic heterocycles. The van der Waals surface area contributed by atoms with Crippen LogP contribution in [-0.2, 0) is 0 Å². The lowest BCUT2D eigenvalue weighted by Crippen LogP contribution is -2.39. The third-order valence-electron chi connectivity index (χ3n) is 4.89. The fourth-order valence-electron chi connectivity index (χ4n) is 3.64. The van der Waals surface area contributed by atoms with E-state index >= 15 is 0 Å². The molecule has 2 unspecified atom stereocenters. The zero-order chi connectivity index (χ0) is 13.6. The molecule has 19 heavy (non-hydrogen) atoms. The van der Waals surface area contributed by atoms with Gasteiger partial charge in [-0.05, 0) is 44.7 Å². The predicted molar refractivity (Wildman–Crippen MR) is 80.1 cm³/mol. The molecule has 1 N–H and O–H groups in total. The Bertz CT molecular complexity index is 508. The highest BCUT2D eigenvalue weighted by molar-refractivity contribution is 7.71. The summed E-state index contributed by atoms with van der Waals surface area (Å²) in [5.41, 5.74) is 1.22. The van der Waals surface area contributed by atoms with Crippen molar-refractivity contribution in [3.05, 3.63) is 22.2 Å². The van der Waals surface area contributed by atoms with Crippen molar-refractivity contribution in [3.8, 4) is 0 Å². The highest BCUT2D eigenvalue weighted by atomic mass is 32.1. The van der Waals surface area contributed by atoms with Crippen molar-refractivity contribution in [2.24, 2.45) is 0 Å². The van der Waals surface area contributed by atoms with E-state index in [1.54, 1.807) is 0 Å². The van der Waals surface area contributed by atoms with Gasteiger partial charge in [-0.3, -0.25) is 0 Å². The molecule has 104 valence electrons. The lowest BCUT2D eigenvalue weighted by molar-refractivity contribution is 0.158. The Morgan fingerprint density at radius 1 is 1.32 bits per heavy atom. The Hall–Kier alpha value is -0.740.